The summed E-state index contributed by atoms with van der Waals surface area (Å²) >= 11 is 0. The highest BCUT2D eigenvalue weighted by Crippen LogP contribution is 2.33. The number of carboxylic acids is 1. The van der Waals surface area contributed by atoms with E-state index in [1.807, 2.05) is 19.1 Å². The van der Waals surface area contributed by atoms with Gasteiger partial charge in [0.15, 0.2) is 11.5 Å². The molecule has 8 heteroatoms. The molecule has 2 N–H and O–H groups in total. The van der Waals surface area contributed by atoms with Gasteiger partial charge in [0.25, 0.3) is 5.91 Å². The molecule has 0 spiro atoms. The molecule has 0 saturated heterocycles. The van der Waals surface area contributed by atoms with E-state index in [9.17, 15) is 14.7 Å². The highest BCUT2D eigenvalue weighted by Gasteiger charge is 2.22. The van der Waals surface area contributed by atoms with Crippen LogP contribution >= 0.6 is 0 Å². The molecule has 0 saturated carbocycles. The second-order valence-electron chi connectivity index (χ2n) is 5.94. The van der Waals surface area contributed by atoms with Crippen LogP contribution in [-0.2, 0) is 0 Å². The van der Waals surface area contributed by atoms with Crippen LogP contribution in [0, 0.1) is 13.8 Å². The normalized spacial score (nSPS) is 10.7. The molecule has 8 nitrogen and oxygen atoms in total. The van der Waals surface area contributed by atoms with E-state index in [0.29, 0.717) is 22.8 Å². The van der Waals surface area contributed by atoms with E-state index in [-0.39, 0.29) is 17.0 Å². The van der Waals surface area contributed by atoms with Crippen LogP contribution in [0.25, 0.3) is 5.65 Å². The molecule has 0 radical (unpaired) electrons. The Balaban J connectivity index is 2.08. The first-order valence-corrected chi connectivity index (χ1v) is 8.12. The van der Waals surface area contributed by atoms with E-state index in [2.05, 4.69) is 10.3 Å². The Bertz CT molecular complexity index is 1060. The first-order chi connectivity index (χ1) is 12.9. The predicted octanol–water partition coefficient (Wildman–Crippen LogP) is 2.92. The standard InChI is InChI=1S/C19H19N3O5/c1-10-6-5-7-22-16(11(2)20-17(10)22)18(23)21-13-9-15(27-4)14(26-3)8-12(13)19(24)25/h5-9H,1-4H3,(H,21,23)(H,24,25). The molecule has 1 aromatic carbocycles. The minimum Gasteiger partial charge on any atom is -0.493 e. The fraction of sp³-hybridized carbons (Fsp3) is 0.211. The molecule has 0 atom stereocenters. The molecule has 0 aliphatic heterocycles. The van der Waals surface area contributed by atoms with Gasteiger partial charge in [-0.05, 0) is 25.5 Å². The number of hydrogen-bond acceptors (Lipinski definition) is 5. The summed E-state index contributed by atoms with van der Waals surface area (Å²) in [5.41, 5.74) is 2.47. The summed E-state index contributed by atoms with van der Waals surface area (Å²) in [4.78, 5) is 29.0. The number of fused-ring (bicyclic) bond motifs is 1. The molecule has 0 bridgehead atoms. The summed E-state index contributed by atoms with van der Waals surface area (Å²) in [5.74, 6) is -1.10. The van der Waals surface area contributed by atoms with Crippen molar-refractivity contribution < 1.29 is 24.2 Å². The van der Waals surface area contributed by atoms with Crippen molar-refractivity contribution in [2.75, 3.05) is 19.5 Å². The number of carboxylic acid groups (broad SMARTS) is 1. The van der Waals surface area contributed by atoms with Gasteiger partial charge in [0.1, 0.15) is 11.3 Å². The first kappa shape index (κ1) is 18.2. The lowest BCUT2D eigenvalue weighted by Gasteiger charge is -2.14. The van der Waals surface area contributed by atoms with Crippen LogP contribution in [0.2, 0.25) is 0 Å². The number of nitrogens with one attached hydrogen (secondary N) is 1. The van der Waals surface area contributed by atoms with Crippen LogP contribution < -0.4 is 14.8 Å². The number of pyridine rings is 1. The van der Waals surface area contributed by atoms with Crippen molar-refractivity contribution in [3.8, 4) is 11.5 Å². The van der Waals surface area contributed by atoms with Crippen molar-refractivity contribution in [1.82, 2.24) is 9.38 Å². The van der Waals surface area contributed by atoms with Gasteiger partial charge in [-0.1, -0.05) is 6.07 Å². The minimum absolute atomic E-state index is 0.104. The second kappa shape index (κ2) is 6.99. The summed E-state index contributed by atoms with van der Waals surface area (Å²) in [5, 5.41) is 12.1. The summed E-state index contributed by atoms with van der Waals surface area (Å²) in [6.45, 7) is 3.63. The molecule has 0 aliphatic carbocycles. The van der Waals surface area contributed by atoms with Gasteiger partial charge in [-0.3, -0.25) is 9.20 Å². The zero-order valence-corrected chi connectivity index (χ0v) is 15.4. The highest BCUT2D eigenvalue weighted by molar-refractivity contribution is 6.08. The number of imidazole rings is 1. The molecule has 0 unspecified atom stereocenters. The number of hydrogen-bond donors (Lipinski definition) is 2. The fourth-order valence-electron chi connectivity index (χ4n) is 2.93. The van der Waals surface area contributed by atoms with E-state index >= 15 is 0 Å². The van der Waals surface area contributed by atoms with Crippen LogP contribution in [0.15, 0.2) is 30.5 Å². The number of methoxy groups -OCH3 is 2. The number of aromatic carboxylic acids is 1. The van der Waals surface area contributed by atoms with Crippen LogP contribution in [-0.4, -0.2) is 40.6 Å². The predicted molar refractivity (Wildman–Crippen MR) is 99.1 cm³/mol. The fourth-order valence-corrected chi connectivity index (χ4v) is 2.93. The molecule has 27 heavy (non-hydrogen) atoms. The lowest BCUT2D eigenvalue weighted by atomic mass is 10.1. The number of ether oxygens (including phenoxy) is 2. The molecule has 2 heterocycles. The molecule has 140 valence electrons. The van der Waals surface area contributed by atoms with Gasteiger partial charge in [-0.25, -0.2) is 9.78 Å². The third-order valence-corrected chi connectivity index (χ3v) is 4.24. The van der Waals surface area contributed by atoms with Gasteiger partial charge >= 0.3 is 5.97 Å². The number of benzene rings is 1. The minimum atomic E-state index is -1.20. The lowest BCUT2D eigenvalue weighted by molar-refractivity contribution is 0.0697. The molecule has 3 aromatic rings. The first-order valence-electron chi connectivity index (χ1n) is 8.12. The smallest absolute Gasteiger partial charge is 0.337 e. The second-order valence-corrected chi connectivity index (χ2v) is 5.94. The van der Waals surface area contributed by atoms with E-state index in [4.69, 9.17) is 9.47 Å². The number of rotatable bonds is 5. The topological polar surface area (TPSA) is 102 Å². The van der Waals surface area contributed by atoms with Gasteiger partial charge in [0.05, 0.1) is 31.2 Å². The van der Waals surface area contributed by atoms with E-state index in [1.165, 1.54) is 26.4 Å². The molecule has 0 aliphatic rings. The maximum absolute atomic E-state index is 12.9. The molecule has 2 aromatic heterocycles. The zero-order chi connectivity index (χ0) is 19.7. The number of carbonyl (C=O) groups is 2. The summed E-state index contributed by atoms with van der Waals surface area (Å²) < 4.78 is 12.0. The van der Waals surface area contributed by atoms with Gasteiger partial charge < -0.3 is 19.9 Å². The number of aromatic nitrogens is 2. The Kier molecular flexibility index (Phi) is 4.72. The number of anilines is 1. The Labute approximate surface area is 155 Å². The number of amides is 1. The number of nitrogens with zero attached hydrogens (tertiary/aromatic N) is 2. The van der Waals surface area contributed by atoms with Crippen molar-refractivity contribution in [2.24, 2.45) is 0 Å². The third kappa shape index (κ3) is 3.17. The maximum atomic E-state index is 12.9. The quantitative estimate of drug-likeness (QED) is 0.717. The molecular weight excluding hydrogens is 350 g/mol. The van der Waals surface area contributed by atoms with Gasteiger partial charge in [0.2, 0.25) is 0 Å². The monoisotopic (exact) mass is 369 g/mol. The number of aryl methyl sites for hydroxylation is 2. The van der Waals surface area contributed by atoms with Crippen molar-refractivity contribution in [3.63, 3.8) is 0 Å². The van der Waals surface area contributed by atoms with E-state index < -0.39 is 11.9 Å². The van der Waals surface area contributed by atoms with Crippen molar-refractivity contribution >= 4 is 23.2 Å². The van der Waals surface area contributed by atoms with Crippen LogP contribution in [0.3, 0.4) is 0 Å². The Morgan fingerprint density at radius 3 is 2.44 bits per heavy atom. The van der Waals surface area contributed by atoms with E-state index in [0.717, 1.165) is 5.56 Å². The summed E-state index contributed by atoms with van der Waals surface area (Å²) in [6.07, 6.45) is 1.74. The van der Waals surface area contributed by atoms with Crippen LogP contribution in [0.4, 0.5) is 5.69 Å². The SMILES string of the molecule is COc1cc(NC(=O)c2c(C)nc3c(C)cccn23)c(C(=O)O)cc1OC. The Morgan fingerprint density at radius 2 is 1.81 bits per heavy atom. The zero-order valence-electron chi connectivity index (χ0n) is 15.4. The summed E-state index contributed by atoms with van der Waals surface area (Å²) in [6, 6.07) is 6.45. The largest absolute Gasteiger partial charge is 0.493 e. The molecular formula is C19H19N3O5. The average Bonchev–Trinajstić information content (AvgIpc) is 2.98. The van der Waals surface area contributed by atoms with Crippen molar-refractivity contribution in [3.05, 3.63) is 53.0 Å². The highest BCUT2D eigenvalue weighted by atomic mass is 16.5. The lowest BCUT2D eigenvalue weighted by Crippen LogP contribution is -2.18. The van der Waals surface area contributed by atoms with Gasteiger partial charge in [-0.15, -0.1) is 0 Å². The average molecular weight is 369 g/mol. The van der Waals surface area contributed by atoms with Crippen molar-refractivity contribution in [2.45, 2.75) is 13.8 Å². The molecule has 3 rings (SSSR count). The summed E-state index contributed by atoms with van der Waals surface area (Å²) in [7, 11) is 2.84. The Hall–Kier alpha value is -3.55. The third-order valence-electron chi connectivity index (χ3n) is 4.24. The van der Waals surface area contributed by atoms with E-state index in [1.54, 1.807) is 17.5 Å². The maximum Gasteiger partial charge on any atom is 0.337 e. The van der Waals surface area contributed by atoms with Crippen LogP contribution in [0.5, 0.6) is 11.5 Å². The molecule has 1 amide bonds. The molecule has 0 fully saturated rings. The number of carbonyl (C=O) groups excluding carboxylic acids is 1. The Morgan fingerprint density at radius 1 is 1.15 bits per heavy atom. The van der Waals surface area contributed by atoms with Crippen molar-refractivity contribution in [1.29, 1.82) is 0 Å². The van der Waals surface area contributed by atoms with Gasteiger partial charge in [0, 0.05) is 18.3 Å². The van der Waals surface area contributed by atoms with Crippen LogP contribution in [0.1, 0.15) is 32.1 Å². The van der Waals surface area contributed by atoms with Gasteiger partial charge in [-0.2, -0.15) is 0 Å².